The van der Waals surface area contributed by atoms with Crippen molar-refractivity contribution >= 4 is 17.9 Å². The fourth-order valence-corrected chi connectivity index (χ4v) is 6.37. The van der Waals surface area contributed by atoms with Crippen LogP contribution in [0.3, 0.4) is 0 Å². The highest BCUT2D eigenvalue weighted by Gasteiger charge is 2.31. The van der Waals surface area contributed by atoms with Crippen LogP contribution in [0.5, 0.6) is 0 Å². The maximum Gasteiger partial charge on any atom is 0.362 e. The van der Waals surface area contributed by atoms with Crippen LogP contribution in [0.2, 0.25) is 0 Å². The second kappa shape index (κ2) is 42.9. The summed E-state index contributed by atoms with van der Waals surface area (Å²) < 4.78 is 17.3. The number of carbonyl (C=O) groups is 3. The Hall–Kier alpha value is -3.75. The summed E-state index contributed by atoms with van der Waals surface area (Å²) in [5, 5.41) is 9.64. The summed E-state index contributed by atoms with van der Waals surface area (Å²) in [6.45, 7) is 4.46. The van der Waals surface area contributed by atoms with E-state index in [9.17, 15) is 19.5 Å². The molecule has 2 unspecified atom stereocenters. The number of carboxylic acids is 1. The van der Waals surface area contributed by atoms with E-state index in [0.717, 1.165) is 116 Å². The zero-order valence-electron chi connectivity index (χ0n) is 39.3. The van der Waals surface area contributed by atoms with E-state index in [1.165, 1.54) is 19.3 Å². The first-order valence-corrected chi connectivity index (χ1v) is 23.8. The van der Waals surface area contributed by atoms with E-state index >= 15 is 0 Å². The Morgan fingerprint density at radius 1 is 0.492 bits per heavy atom. The van der Waals surface area contributed by atoms with E-state index in [-0.39, 0.29) is 36.2 Å². The van der Waals surface area contributed by atoms with Crippen molar-refractivity contribution in [1.29, 1.82) is 0 Å². The van der Waals surface area contributed by atoms with Crippen LogP contribution in [-0.4, -0.2) is 80.6 Å². The van der Waals surface area contributed by atoms with Gasteiger partial charge in [-0.25, -0.2) is 4.79 Å². The largest absolute Gasteiger partial charge is 0.477 e. The lowest BCUT2D eigenvalue weighted by molar-refractivity contribution is -0.887. The van der Waals surface area contributed by atoms with Gasteiger partial charge in [0, 0.05) is 19.3 Å². The second-order valence-electron chi connectivity index (χ2n) is 16.6. The first kappa shape index (κ1) is 57.2. The number of aliphatic carboxylic acids is 1. The standard InChI is InChI=1S/C53H87NO7/c1-6-8-10-12-14-16-18-20-22-23-24-25-26-27-28-29-30-32-34-36-38-40-42-44-52(56)61-49(47-59-46-45-50(53(57)58)54(3,4)5)48-60-51(55)43-41-39-37-35-33-31-21-19-17-15-13-11-9-7-2/h8-11,14-17,20-22,24-25,27-28,31,49-50H,6-7,12-13,18-19,23,26,29-30,32-48H2,1-5H3/p+1/b10-8+,11-9+,16-14+,17-15+,22-20+,25-24+,28-27+,31-21+. The van der Waals surface area contributed by atoms with Crippen LogP contribution >= 0.6 is 0 Å². The summed E-state index contributed by atoms with van der Waals surface area (Å²) >= 11 is 0. The zero-order chi connectivity index (χ0) is 44.9. The quantitative estimate of drug-likeness (QED) is 0.0283. The van der Waals surface area contributed by atoms with Crippen LogP contribution in [0.25, 0.3) is 0 Å². The minimum atomic E-state index is -0.884. The minimum absolute atomic E-state index is 0.0430. The number of quaternary nitrogens is 1. The van der Waals surface area contributed by atoms with Gasteiger partial charge in [0.2, 0.25) is 0 Å². The van der Waals surface area contributed by atoms with Crippen molar-refractivity contribution < 1.29 is 38.2 Å². The number of carbonyl (C=O) groups excluding carboxylic acids is 2. The summed E-state index contributed by atoms with van der Waals surface area (Å²) in [5.41, 5.74) is 0. The molecule has 61 heavy (non-hydrogen) atoms. The summed E-state index contributed by atoms with van der Waals surface area (Å²) in [5.74, 6) is -1.52. The first-order valence-electron chi connectivity index (χ1n) is 23.8. The van der Waals surface area contributed by atoms with Crippen molar-refractivity contribution in [2.45, 2.75) is 180 Å². The van der Waals surface area contributed by atoms with Crippen LogP contribution < -0.4 is 0 Å². The van der Waals surface area contributed by atoms with Gasteiger partial charge in [0.25, 0.3) is 0 Å². The lowest BCUT2D eigenvalue weighted by Gasteiger charge is -2.31. The molecule has 0 spiro atoms. The molecule has 0 amide bonds. The van der Waals surface area contributed by atoms with Gasteiger partial charge in [0.05, 0.1) is 34.4 Å². The van der Waals surface area contributed by atoms with Crippen molar-refractivity contribution in [3.8, 4) is 0 Å². The van der Waals surface area contributed by atoms with Crippen molar-refractivity contribution in [3.63, 3.8) is 0 Å². The molecule has 0 radical (unpaired) electrons. The monoisotopic (exact) mass is 851 g/mol. The molecular weight excluding hydrogens is 763 g/mol. The van der Waals surface area contributed by atoms with E-state index in [0.29, 0.717) is 19.3 Å². The first-order chi connectivity index (χ1) is 29.6. The molecule has 2 atom stereocenters. The van der Waals surface area contributed by atoms with Crippen molar-refractivity contribution in [2.24, 2.45) is 0 Å². The van der Waals surface area contributed by atoms with Crippen molar-refractivity contribution in [1.82, 2.24) is 0 Å². The maximum absolute atomic E-state index is 12.8. The zero-order valence-corrected chi connectivity index (χ0v) is 39.3. The van der Waals surface area contributed by atoms with E-state index in [1.54, 1.807) is 0 Å². The van der Waals surface area contributed by atoms with E-state index in [2.05, 4.69) is 111 Å². The number of esters is 2. The van der Waals surface area contributed by atoms with Crippen LogP contribution in [-0.2, 0) is 28.6 Å². The van der Waals surface area contributed by atoms with E-state index in [4.69, 9.17) is 14.2 Å². The van der Waals surface area contributed by atoms with E-state index < -0.39 is 18.1 Å². The van der Waals surface area contributed by atoms with Gasteiger partial charge in [0.15, 0.2) is 12.1 Å². The molecule has 0 aliphatic carbocycles. The molecule has 8 nitrogen and oxygen atoms in total. The molecule has 346 valence electrons. The Balaban J connectivity index is 4.34. The number of nitrogens with zero attached hydrogens (tertiary/aromatic N) is 1. The molecule has 0 rings (SSSR count). The number of ether oxygens (including phenoxy) is 3. The van der Waals surface area contributed by atoms with Gasteiger partial charge < -0.3 is 23.8 Å². The highest BCUT2D eigenvalue weighted by Crippen LogP contribution is 2.13. The highest BCUT2D eigenvalue weighted by molar-refractivity contribution is 5.72. The van der Waals surface area contributed by atoms with Gasteiger partial charge in [-0.3, -0.25) is 9.59 Å². The molecular formula is C53H88NO7+. The molecule has 0 aliphatic heterocycles. The third kappa shape index (κ3) is 41.4. The molecule has 0 aromatic rings. The lowest BCUT2D eigenvalue weighted by atomic mass is 10.1. The molecule has 0 aliphatic rings. The fourth-order valence-electron chi connectivity index (χ4n) is 6.37. The van der Waals surface area contributed by atoms with Crippen LogP contribution in [0.4, 0.5) is 0 Å². The Labute approximate surface area is 373 Å². The summed E-state index contributed by atoms with van der Waals surface area (Å²) in [4.78, 5) is 37.1. The van der Waals surface area contributed by atoms with Gasteiger partial charge in [-0.2, -0.15) is 0 Å². The smallest absolute Gasteiger partial charge is 0.362 e. The van der Waals surface area contributed by atoms with Gasteiger partial charge in [-0.15, -0.1) is 0 Å². The Morgan fingerprint density at radius 2 is 0.869 bits per heavy atom. The molecule has 8 heteroatoms. The Kier molecular flexibility index (Phi) is 40.3. The van der Waals surface area contributed by atoms with Crippen LogP contribution in [0.15, 0.2) is 97.2 Å². The van der Waals surface area contributed by atoms with Crippen LogP contribution in [0.1, 0.15) is 168 Å². The third-order valence-corrected chi connectivity index (χ3v) is 9.98. The number of rotatable bonds is 41. The molecule has 0 saturated heterocycles. The predicted octanol–water partition coefficient (Wildman–Crippen LogP) is 13.5. The summed E-state index contributed by atoms with van der Waals surface area (Å²) in [6, 6.07) is -0.626. The van der Waals surface area contributed by atoms with Crippen molar-refractivity contribution in [3.05, 3.63) is 97.2 Å². The van der Waals surface area contributed by atoms with Crippen LogP contribution in [0, 0.1) is 0 Å². The average molecular weight is 851 g/mol. The SMILES string of the molecule is CC/C=C/C/C=C/C/C=C/C/C=C/C/C=C/CCCCCCCCCC(=O)OC(COCCC(C(=O)O)[N+](C)(C)C)COC(=O)CCCCCC/C=C/C/C=C/C/C=C/CC. The molecule has 0 bridgehead atoms. The number of hydrogen-bond acceptors (Lipinski definition) is 6. The second-order valence-corrected chi connectivity index (χ2v) is 16.6. The molecule has 0 aromatic carbocycles. The number of unbranched alkanes of at least 4 members (excludes halogenated alkanes) is 11. The number of likely N-dealkylation sites (N-methyl/N-ethyl adjacent to an activating group) is 1. The molecule has 1 N–H and O–H groups in total. The van der Waals surface area contributed by atoms with Gasteiger partial charge in [0.1, 0.15) is 6.61 Å². The number of hydrogen-bond donors (Lipinski definition) is 1. The molecule has 0 aromatic heterocycles. The Morgan fingerprint density at radius 3 is 1.28 bits per heavy atom. The Bertz CT molecular complexity index is 1310. The lowest BCUT2D eigenvalue weighted by Crippen LogP contribution is -2.50. The fraction of sp³-hybridized carbons (Fsp3) is 0.642. The van der Waals surface area contributed by atoms with Gasteiger partial charge >= 0.3 is 17.9 Å². The number of carboxylic acid groups (broad SMARTS) is 1. The van der Waals surface area contributed by atoms with Crippen molar-refractivity contribution in [2.75, 3.05) is 41.0 Å². The molecule has 0 heterocycles. The molecule has 0 saturated carbocycles. The highest BCUT2D eigenvalue weighted by atomic mass is 16.6. The third-order valence-electron chi connectivity index (χ3n) is 9.98. The topological polar surface area (TPSA) is 99.1 Å². The average Bonchev–Trinajstić information content (AvgIpc) is 3.22. The predicted molar refractivity (Wildman–Crippen MR) is 256 cm³/mol. The van der Waals surface area contributed by atoms with E-state index in [1.807, 2.05) is 21.1 Å². The number of allylic oxidation sites excluding steroid dienone is 16. The normalized spacial score (nSPS) is 13.8. The summed E-state index contributed by atoms with van der Waals surface area (Å²) in [7, 11) is 5.51. The maximum atomic E-state index is 12.8. The van der Waals surface area contributed by atoms with Gasteiger partial charge in [-0.05, 0) is 89.9 Å². The minimum Gasteiger partial charge on any atom is -0.477 e. The van der Waals surface area contributed by atoms with Gasteiger partial charge in [-0.1, -0.05) is 156 Å². The molecule has 0 fully saturated rings. The summed E-state index contributed by atoms with van der Waals surface area (Å²) in [6.07, 6.45) is 57.4.